The fourth-order valence-electron chi connectivity index (χ4n) is 1.86. The maximum Gasteiger partial charge on any atom is 0.260 e. The minimum Gasteiger partial charge on any atom is -0.481 e. The molecule has 0 saturated carbocycles. The molecule has 0 heterocycles. The highest BCUT2D eigenvalue weighted by Gasteiger charge is 2.16. The van der Waals surface area contributed by atoms with Crippen LogP contribution in [0, 0.1) is 0 Å². The second kappa shape index (κ2) is 7.82. The number of carbonyl (C=O) groups is 2. The van der Waals surface area contributed by atoms with Crippen LogP contribution in [0.25, 0.3) is 0 Å². The summed E-state index contributed by atoms with van der Waals surface area (Å²) in [7, 11) is 0. The third kappa shape index (κ3) is 6.16. The summed E-state index contributed by atoms with van der Waals surface area (Å²) in [6.07, 6.45) is -0.585. The summed E-state index contributed by atoms with van der Waals surface area (Å²) in [5.41, 5.74) is 1.30. The van der Waals surface area contributed by atoms with Crippen LogP contribution in [0.15, 0.2) is 24.3 Å². The van der Waals surface area contributed by atoms with Crippen molar-refractivity contribution in [2.75, 3.05) is 13.1 Å². The van der Waals surface area contributed by atoms with Crippen molar-refractivity contribution in [3.05, 3.63) is 29.8 Å². The first-order chi connectivity index (χ1) is 10.2. The highest BCUT2D eigenvalue weighted by molar-refractivity contribution is 5.80. The van der Waals surface area contributed by atoms with E-state index >= 15 is 0 Å². The summed E-state index contributed by atoms with van der Waals surface area (Å²) in [6, 6.07) is 7.77. The highest BCUT2D eigenvalue weighted by Crippen LogP contribution is 2.24. The monoisotopic (exact) mass is 306 g/mol. The van der Waals surface area contributed by atoms with Gasteiger partial charge in [-0.2, -0.15) is 0 Å². The second-order valence-electron chi connectivity index (χ2n) is 6.31. The Kier molecular flexibility index (Phi) is 6.40. The second-order valence-corrected chi connectivity index (χ2v) is 6.31. The molecule has 0 spiro atoms. The number of hydrogen-bond donors (Lipinski definition) is 2. The first-order valence-corrected chi connectivity index (χ1v) is 7.49. The SMILES string of the molecule is CC(=O)NCCNC(=O)C(C)Oc1ccc(C(C)(C)C)cc1. The summed E-state index contributed by atoms with van der Waals surface area (Å²) >= 11 is 0. The van der Waals surface area contributed by atoms with Gasteiger partial charge in [0.1, 0.15) is 5.75 Å². The molecule has 0 aromatic heterocycles. The number of rotatable bonds is 6. The van der Waals surface area contributed by atoms with Gasteiger partial charge in [0.15, 0.2) is 6.10 Å². The zero-order valence-electron chi connectivity index (χ0n) is 14.0. The first-order valence-electron chi connectivity index (χ1n) is 7.49. The molecule has 1 aromatic rings. The van der Waals surface area contributed by atoms with Gasteiger partial charge in [0.2, 0.25) is 5.91 Å². The summed E-state index contributed by atoms with van der Waals surface area (Å²) in [6.45, 7) is 10.4. The summed E-state index contributed by atoms with van der Waals surface area (Å²) in [5, 5.41) is 5.33. The molecule has 122 valence electrons. The molecule has 0 aliphatic heterocycles. The quantitative estimate of drug-likeness (QED) is 0.790. The van der Waals surface area contributed by atoms with Crippen molar-refractivity contribution in [2.24, 2.45) is 0 Å². The Morgan fingerprint density at radius 1 is 1.09 bits per heavy atom. The van der Waals surface area contributed by atoms with E-state index in [4.69, 9.17) is 4.74 Å². The highest BCUT2D eigenvalue weighted by atomic mass is 16.5. The van der Waals surface area contributed by atoms with Crippen LogP contribution in [-0.4, -0.2) is 31.0 Å². The van der Waals surface area contributed by atoms with Crippen LogP contribution in [0.2, 0.25) is 0 Å². The van der Waals surface area contributed by atoms with Crippen molar-refractivity contribution < 1.29 is 14.3 Å². The predicted molar refractivity (Wildman–Crippen MR) is 86.9 cm³/mol. The molecule has 0 bridgehead atoms. The number of benzene rings is 1. The topological polar surface area (TPSA) is 67.4 Å². The Hall–Kier alpha value is -2.04. The molecule has 1 aromatic carbocycles. The van der Waals surface area contributed by atoms with Gasteiger partial charge in [-0.1, -0.05) is 32.9 Å². The molecule has 0 aliphatic rings. The Morgan fingerprint density at radius 3 is 2.14 bits per heavy atom. The van der Waals surface area contributed by atoms with Gasteiger partial charge < -0.3 is 15.4 Å². The van der Waals surface area contributed by atoms with E-state index < -0.39 is 6.10 Å². The molecular weight excluding hydrogens is 280 g/mol. The molecule has 0 radical (unpaired) electrons. The van der Waals surface area contributed by atoms with Gasteiger partial charge >= 0.3 is 0 Å². The van der Waals surface area contributed by atoms with E-state index in [2.05, 4.69) is 31.4 Å². The Labute approximate surface area is 132 Å². The van der Waals surface area contributed by atoms with Crippen molar-refractivity contribution in [3.8, 4) is 5.75 Å². The van der Waals surface area contributed by atoms with Crippen molar-refractivity contribution in [1.82, 2.24) is 10.6 Å². The summed E-state index contributed by atoms with van der Waals surface area (Å²) < 4.78 is 5.62. The van der Waals surface area contributed by atoms with Gasteiger partial charge in [0.05, 0.1) is 0 Å². The average molecular weight is 306 g/mol. The van der Waals surface area contributed by atoms with E-state index in [0.29, 0.717) is 18.8 Å². The molecule has 1 rings (SSSR count). The maximum atomic E-state index is 11.9. The fourth-order valence-corrected chi connectivity index (χ4v) is 1.86. The third-order valence-electron chi connectivity index (χ3n) is 3.20. The standard InChI is InChI=1S/C17H26N2O3/c1-12(16(21)19-11-10-18-13(2)20)22-15-8-6-14(7-9-15)17(3,4)5/h6-9,12H,10-11H2,1-5H3,(H,18,20)(H,19,21). The van der Waals surface area contributed by atoms with E-state index in [-0.39, 0.29) is 17.2 Å². The zero-order chi connectivity index (χ0) is 16.8. The minimum atomic E-state index is -0.585. The van der Waals surface area contributed by atoms with Crippen LogP contribution in [-0.2, 0) is 15.0 Å². The van der Waals surface area contributed by atoms with Gasteiger partial charge in [-0.05, 0) is 30.0 Å². The molecule has 1 atom stereocenters. The van der Waals surface area contributed by atoms with Crippen LogP contribution in [0.5, 0.6) is 5.75 Å². The molecule has 5 heteroatoms. The lowest BCUT2D eigenvalue weighted by atomic mass is 9.87. The van der Waals surface area contributed by atoms with Gasteiger partial charge in [0.25, 0.3) is 5.91 Å². The number of carbonyl (C=O) groups excluding carboxylic acids is 2. The molecule has 2 amide bonds. The lowest BCUT2D eigenvalue weighted by molar-refractivity contribution is -0.127. The number of ether oxygens (including phenoxy) is 1. The number of hydrogen-bond acceptors (Lipinski definition) is 3. The van der Waals surface area contributed by atoms with E-state index in [1.54, 1.807) is 6.92 Å². The predicted octanol–water partition coefficient (Wildman–Crippen LogP) is 2.00. The van der Waals surface area contributed by atoms with Gasteiger partial charge in [-0.3, -0.25) is 9.59 Å². The van der Waals surface area contributed by atoms with Crippen molar-refractivity contribution >= 4 is 11.8 Å². The van der Waals surface area contributed by atoms with Crippen LogP contribution in [0.4, 0.5) is 0 Å². The number of amides is 2. The molecule has 1 unspecified atom stereocenters. The van der Waals surface area contributed by atoms with E-state index in [9.17, 15) is 9.59 Å². The van der Waals surface area contributed by atoms with Crippen LogP contribution >= 0.6 is 0 Å². The van der Waals surface area contributed by atoms with Gasteiger partial charge in [0, 0.05) is 20.0 Å². The Balaban J connectivity index is 2.45. The largest absolute Gasteiger partial charge is 0.481 e. The van der Waals surface area contributed by atoms with Crippen molar-refractivity contribution in [2.45, 2.75) is 46.1 Å². The molecule has 0 fully saturated rings. The Bertz CT molecular complexity index is 504. The van der Waals surface area contributed by atoms with Crippen LogP contribution < -0.4 is 15.4 Å². The minimum absolute atomic E-state index is 0.0885. The molecular formula is C17H26N2O3. The molecule has 22 heavy (non-hydrogen) atoms. The van der Waals surface area contributed by atoms with E-state index in [0.717, 1.165) is 0 Å². The molecule has 5 nitrogen and oxygen atoms in total. The Morgan fingerprint density at radius 2 is 1.64 bits per heavy atom. The molecule has 2 N–H and O–H groups in total. The molecule has 0 saturated heterocycles. The summed E-state index contributed by atoms with van der Waals surface area (Å²) in [5.74, 6) is 0.347. The van der Waals surface area contributed by atoms with Gasteiger partial charge in [-0.15, -0.1) is 0 Å². The third-order valence-corrected chi connectivity index (χ3v) is 3.20. The first kappa shape index (κ1) is 18.0. The summed E-state index contributed by atoms with van der Waals surface area (Å²) in [4.78, 5) is 22.6. The lowest BCUT2D eigenvalue weighted by Crippen LogP contribution is -2.40. The average Bonchev–Trinajstić information content (AvgIpc) is 2.42. The van der Waals surface area contributed by atoms with E-state index in [1.165, 1.54) is 12.5 Å². The van der Waals surface area contributed by atoms with Crippen molar-refractivity contribution in [3.63, 3.8) is 0 Å². The fraction of sp³-hybridized carbons (Fsp3) is 0.529. The lowest BCUT2D eigenvalue weighted by Gasteiger charge is -2.20. The van der Waals surface area contributed by atoms with Crippen LogP contribution in [0.1, 0.15) is 40.2 Å². The van der Waals surface area contributed by atoms with Gasteiger partial charge in [-0.25, -0.2) is 0 Å². The molecule has 0 aliphatic carbocycles. The normalized spacial score (nSPS) is 12.4. The van der Waals surface area contributed by atoms with E-state index in [1.807, 2.05) is 24.3 Å². The smallest absolute Gasteiger partial charge is 0.260 e. The maximum absolute atomic E-state index is 11.9. The van der Waals surface area contributed by atoms with Crippen molar-refractivity contribution in [1.29, 1.82) is 0 Å². The number of nitrogens with one attached hydrogen (secondary N) is 2. The van der Waals surface area contributed by atoms with Crippen LogP contribution in [0.3, 0.4) is 0 Å². The zero-order valence-corrected chi connectivity index (χ0v) is 14.0.